The molecule has 110 valence electrons. The Morgan fingerprint density at radius 2 is 1.76 bits per heavy atom. The van der Waals surface area contributed by atoms with Gasteiger partial charge in [-0.05, 0) is 35.9 Å². The first kappa shape index (κ1) is 15.0. The molecule has 0 unspecified atom stereocenters. The summed E-state index contributed by atoms with van der Waals surface area (Å²) in [5.41, 5.74) is 1.76. The predicted octanol–water partition coefficient (Wildman–Crippen LogP) is 3.28. The maximum Gasteiger partial charge on any atom is 0.253 e. The predicted molar refractivity (Wildman–Crippen MR) is 78.1 cm³/mol. The van der Waals surface area contributed by atoms with E-state index in [0.717, 1.165) is 6.07 Å². The van der Waals surface area contributed by atoms with E-state index in [9.17, 15) is 13.6 Å². The van der Waals surface area contributed by atoms with Gasteiger partial charge in [-0.1, -0.05) is 6.07 Å². The molecular formula is C16H16F2N2O. The van der Waals surface area contributed by atoms with Crippen molar-refractivity contribution in [2.45, 2.75) is 6.54 Å². The van der Waals surface area contributed by atoms with Gasteiger partial charge in [0.05, 0.1) is 0 Å². The summed E-state index contributed by atoms with van der Waals surface area (Å²) in [5, 5.41) is 3.05. The Bertz CT molecular complexity index is 636. The lowest BCUT2D eigenvalue weighted by molar-refractivity contribution is 0.0827. The van der Waals surface area contributed by atoms with Crippen molar-refractivity contribution >= 4 is 11.6 Å². The number of amides is 1. The molecule has 5 heteroatoms. The van der Waals surface area contributed by atoms with E-state index in [1.807, 2.05) is 0 Å². The van der Waals surface area contributed by atoms with Crippen LogP contribution in [-0.2, 0) is 6.54 Å². The monoisotopic (exact) mass is 290 g/mol. The molecule has 2 aromatic rings. The third-order valence-electron chi connectivity index (χ3n) is 2.93. The van der Waals surface area contributed by atoms with Crippen LogP contribution in [0.15, 0.2) is 42.5 Å². The van der Waals surface area contributed by atoms with E-state index >= 15 is 0 Å². The Kier molecular flexibility index (Phi) is 4.52. The smallest absolute Gasteiger partial charge is 0.253 e. The summed E-state index contributed by atoms with van der Waals surface area (Å²) < 4.78 is 26.2. The first-order valence-electron chi connectivity index (χ1n) is 6.46. The average Bonchev–Trinajstić information content (AvgIpc) is 2.43. The topological polar surface area (TPSA) is 32.3 Å². The molecule has 0 radical (unpaired) electrons. The highest BCUT2D eigenvalue weighted by Gasteiger charge is 2.08. The Hall–Kier alpha value is -2.43. The molecule has 1 amide bonds. The van der Waals surface area contributed by atoms with Crippen LogP contribution in [0, 0.1) is 11.6 Å². The minimum Gasteiger partial charge on any atom is -0.381 e. The molecule has 21 heavy (non-hydrogen) atoms. The lowest BCUT2D eigenvalue weighted by Crippen LogP contribution is -2.21. The fraction of sp³-hybridized carbons (Fsp3) is 0.188. The molecule has 0 atom stereocenters. The van der Waals surface area contributed by atoms with Crippen LogP contribution < -0.4 is 5.32 Å². The molecule has 0 aromatic heterocycles. The molecule has 0 heterocycles. The highest BCUT2D eigenvalue weighted by atomic mass is 19.1. The van der Waals surface area contributed by atoms with Crippen LogP contribution in [-0.4, -0.2) is 24.9 Å². The standard InChI is InChI=1S/C16H16F2N2O/c1-20(2)16(21)12-4-3-5-15(8-12)19-10-11-6-13(17)9-14(18)7-11/h3-9,19H,10H2,1-2H3. The zero-order valence-corrected chi connectivity index (χ0v) is 11.9. The molecule has 0 spiro atoms. The van der Waals surface area contributed by atoms with E-state index in [1.165, 1.54) is 17.0 Å². The van der Waals surface area contributed by atoms with E-state index in [0.29, 0.717) is 16.8 Å². The third-order valence-corrected chi connectivity index (χ3v) is 2.93. The van der Waals surface area contributed by atoms with E-state index in [1.54, 1.807) is 38.4 Å². The van der Waals surface area contributed by atoms with Crippen molar-refractivity contribution in [3.8, 4) is 0 Å². The number of anilines is 1. The number of rotatable bonds is 4. The molecule has 2 rings (SSSR count). The van der Waals surface area contributed by atoms with Crippen LogP contribution >= 0.6 is 0 Å². The van der Waals surface area contributed by atoms with Crippen molar-refractivity contribution in [2.75, 3.05) is 19.4 Å². The van der Waals surface area contributed by atoms with Crippen molar-refractivity contribution in [3.63, 3.8) is 0 Å². The van der Waals surface area contributed by atoms with Crippen LogP contribution in [0.3, 0.4) is 0 Å². The number of nitrogens with one attached hydrogen (secondary N) is 1. The lowest BCUT2D eigenvalue weighted by atomic mass is 10.1. The van der Waals surface area contributed by atoms with E-state index < -0.39 is 11.6 Å². The number of carbonyl (C=O) groups excluding carboxylic acids is 1. The molecular weight excluding hydrogens is 274 g/mol. The second kappa shape index (κ2) is 6.35. The maximum atomic E-state index is 13.1. The SMILES string of the molecule is CN(C)C(=O)c1cccc(NCc2cc(F)cc(F)c2)c1. The largest absolute Gasteiger partial charge is 0.381 e. The molecule has 0 aliphatic carbocycles. The van der Waals surface area contributed by atoms with Crippen LogP contribution in [0.4, 0.5) is 14.5 Å². The van der Waals surface area contributed by atoms with Gasteiger partial charge in [0.25, 0.3) is 5.91 Å². The number of halogens is 2. The molecule has 2 aromatic carbocycles. The van der Waals surface area contributed by atoms with Gasteiger partial charge in [0.1, 0.15) is 11.6 Å². The quantitative estimate of drug-likeness (QED) is 0.937. The van der Waals surface area contributed by atoms with Gasteiger partial charge < -0.3 is 10.2 Å². The van der Waals surface area contributed by atoms with E-state index in [2.05, 4.69) is 5.32 Å². The van der Waals surface area contributed by atoms with Crippen molar-refractivity contribution in [2.24, 2.45) is 0 Å². The molecule has 0 saturated carbocycles. The van der Waals surface area contributed by atoms with Crippen molar-refractivity contribution < 1.29 is 13.6 Å². The van der Waals surface area contributed by atoms with E-state index in [-0.39, 0.29) is 12.5 Å². The molecule has 0 saturated heterocycles. The highest BCUT2D eigenvalue weighted by molar-refractivity contribution is 5.94. The third kappa shape index (κ3) is 4.02. The molecule has 0 bridgehead atoms. The van der Waals surface area contributed by atoms with Gasteiger partial charge in [0.15, 0.2) is 0 Å². The molecule has 0 fully saturated rings. The van der Waals surface area contributed by atoms with Gasteiger partial charge in [-0.2, -0.15) is 0 Å². The van der Waals surface area contributed by atoms with Crippen LogP contribution in [0.2, 0.25) is 0 Å². The summed E-state index contributed by atoms with van der Waals surface area (Å²) >= 11 is 0. The summed E-state index contributed by atoms with van der Waals surface area (Å²) in [4.78, 5) is 13.3. The summed E-state index contributed by atoms with van der Waals surface area (Å²) in [5.74, 6) is -1.32. The fourth-order valence-electron chi connectivity index (χ4n) is 1.94. The van der Waals surface area contributed by atoms with Crippen molar-refractivity contribution in [3.05, 3.63) is 65.2 Å². The lowest BCUT2D eigenvalue weighted by Gasteiger charge is -2.12. The summed E-state index contributed by atoms with van der Waals surface area (Å²) in [6.45, 7) is 0.272. The fourth-order valence-corrected chi connectivity index (χ4v) is 1.94. The number of nitrogens with zero attached hydrogens (tertiary/aromatic N) is 1. The summed E-state index contributed by atoms with van der Waals surface area (Å²) in [7, 11) is 3.36. The Morgan fingerprint density at radius 3 is 2.38 bits per heavy atom. The zero-order valence-electron chi connectivity index (χ0n) is 11.9. The van der Waals surface area contributed by atoms with Crippen molar-refractivity contribution in [1.82, 2.24) is 4.90 Å². The second-order valence-corrected chi connectivity index (χ2v) is 4.91. The summed E-state index contributed by atoms with van der Waals surface area (Å²) in [6, 6.07) is 10.3. The number of hydrogen-bond donors (Lipinski definition) is 1. The normalized spacial score (nSPS) is 10.3. The van der Waals surface area contributed by atoms with E-state index in [4.69, 9.17) is 0 Å². The first-order chi connectivity index (χ1) is 9.95. The average molecular weight is 290 g/mol. The summed E-state index contributed by atoms with van der Waals surface area (Å²) in [6.07, 6.45) is 0. The van der Waals surface area contributed by atoms with Gasteiger partial charge in [0.2, 0.25) is 0 Å². The second-order valence-electron chi connectivity index (χ2n) is 4.91. The molecule has 0 aliphatic heterocycles. The van der Waals surface area contributed by atoms with Crippen LogP contribution in [0.5, 0.6) is 0 Å². The Morgan fingerprint density at radius 1 is 1.10 bits per heavy atom. The van der Waals surface area contributed by atoms with Gasteiger partial charge in [-0.25, -0.2) is 8.78 Å². The molecule has 3 nitrogen and oxygen atoms in total. The minimum atomic E-state index is -0.608. The minimum absolute atomic E-state index is 0.101. The molecule has 1 N–H and O–H groups in total. The number of benzene rings is 2. The Labute approximate surface area is 122 Å². The van der Waals surface area contributed by atoms with Gasteiger partial charge in [-0.3, -0.25) is 4.79 Å². The number of carbonyl (C=O) groups is 1. The van der Waals surface area contributed by atoms with Crippen molar-refractivity contribution in [1.29, 1.82) is 0 Å². The van der Waals surface area contributed by atoms with Gasteiger partial charge in [-0.15, -0.1) is 0 Å². The maximum absolute atomic E-state index is 13.1. The first-order valence-corrected chi connectivity index (χ1v) is 6.46. The number of hydrogen-bond acceptors (Lipinski definition) is 2. The Balaban J connectivity index is 2.10. The zero-order chi connectivity index (χ0) is 15.4. The highest BCUT2D eigenvalue weighted by Crippen LogP contribution is 2.14. The van der Waals surface area contributed by atoms with Crippen LogP contribution in [0.1, 0.15) is 15.9 Å². The van der Waals surface area contributed by atoms with Crippen LogP contribution in [0.25, 0.3) is 0 Å². The van der Waals surface area contributed by atoms with Gasteiger partial charge >= 0.3 is 0 Å². The molecule has 0 aliphatic rings. The van der Waals surface area contributed by atoms with Gasteiger partial charge in [0, 0.05) is 38.0 Å².